The third kappa shape index (κ3) is 3.28. The number of morpholine rings is 1. The summed E-state index contributed by atoms with van der Waals surface area (Å²) in [5.74, 6) is 0. The van der Waals surface area contributed by atoms with Gasteiger partial charge in [0, 0.05) is 24.1 Å². The van der Waals surface area contributed by atoms with Gasteiger partial charge in [-0.2, -0.15) is 0 Å². The van der Waals surface area contributed by atoms with Crippen LogP contribution in [-0.4, -0.2) is 36.3 Å². The lowest BCUT2D eigenvalue weighted by molar-refractivity contribution is 0.0341. The predicted octanol–water partition coefficient (Wildman–Crippen LogP) is 1.77. The molecule has 1 fully saturated rings. The average Bonchev–Trinajstić information content (AvgIpc) is 2.29. The predicted molar refractivity (Wildman–Crippen MR) is 66.2 cm³/mol. The van der Waals surface area contributed by atoms with Gasteiger partial charge >= 0.3 is 0 Å². The van der Waals surface area contributed by atoms with Crippen molar-refractivity contribution in [2.45, 2.75) is 13.2 Å². The molecule has 88 valence electrons. The minimum absolute atomic E-state index is 0.0928. The van der Waals surface area contributed by atoms with Crippen LogP contribution in [0.4, 0.5) is 0 Å². The molecule has 0 unspecified atom stereocenters. The largest absolute Gasteiger partial charge is 0.392 e. The summed E-state index contributed by atoms with van der Waals surface area (Å²) in [6, 6.07) is 6.11. The molecule has 1 heterocycles. The number of ether oxygens (including phenoxy) is 1. The molecule has 0 atom stereocenters. The second-order valence-electron chi connectivity index (χ2n) is 4.01. The van der Waals surface area contributed by atoms with Gasteiger partial charge in [-0.05, 0) is 23.3 Å². The first-order valence-electron chi connectivity index (χ1n) is 5.47. The van der Waals surface area contributed by atoms with E-state index in [1.807, 2.05) is 6.07 Å². The summed E-state index contributed by atoms with van der Waals surface area (Å²) in [5.41, 5.74) is 2.19. The zero-order valence-corrected chi connectivity index (χ0v) is 10.7. The van der Waals surface area contributed by atoms with Gasteiger partial charge < -0.3 is 9.84 Å². The van der Waals surface area contributed by atoms with Gasteiger partial charge in [-0.1, -0.05) is 22.0 Å². The maximum atomic E-state index is 9.14. The number of aliphatic hydroxyl groups is 1. The molecule has 1 N–H and O–H groups in total. The summed E-state index contributed by atoms with van der Waals surface area (Å²) in [7, 11) is 0. The first-order chi connectivity index (χ1) is 7.78. The highest BCUT2D eigenvalue weighted by molar-refractivity contribution is 9.10. The van der Waals surface area contributed by atoms with Crippen LogP contribution < -0.4 is 0 Å². The van der Waals surface area contributed by atoms with Crippen LogP contribution in [0.5, 0.6) is 0 Å². The summed E-state index contributed by atoms with van der Waals surface area (Å²) in [4.78, 5) is 2.37. The Hall–Kier alpha value is -0.420. The lowest BCUT2D eigenvalue weighted by atomic mass is 10.1. The molecule has 0 aromatic heterocycles. The third-order valence-electron chi connectivity index (χ3n) is 2.71. The van der Waals surface area contributed by atoms with Crippen LogP contribution in [0.1, 0.15) is 11.1 Å². The molecular formula is C12H16BrNO2. The fourth-order valence-electron chi connectivity index (χ4n) is 1.92. The van der Waals surface area contributed by atoms with Crippen LogP contribution in [-0.2, 0) is 17.9 Å². The minimum atomic E-state index is 0.0928. The lowest BCUT2D eigenvalue weighted by Gasteiger charge is -2.26. The quantitative estimate of drug-likeness (QED) is 0.919. The van der Waals surface area contributed by atoms with Gasteiger partial charge in [0.05, 0.1) is 19.8 Å². The van der Waals surface area contributed by atoms with Crippen LogP contribution in [0.2, 0.25) is 0 Å². The summed E-state index contributed by atoms with van der Waals surface area (Å²) in [5, 5.41) is 9.14. The molecule has 1 saturated heterocycles. The maximum absolute atomic E-state index is 9.14. The second kappa shape index (κ2) is 5.77. The van der Waals surface area contributed by atoms with E-state index in [1.165, 1.54) is 5.56 Å². The maximum Gasteiger partial charge on any atom is 0.0682 e. The fourth-order valence-corrected chi connectivity index (χ4v) is 2.51. The second-order valence-corrected chi connectivity index (χ2v) is 4.93. The van der Waals surface area contributed by atoms with Crippen molar-refractivity contribution in [1.82, 2.24) is 4.90 Å². The van der Waals surface area contributed by atoms with E-state index in [0.29, 0.717) is 0 Å². The zero-order valence-electron chi connectivity index (χ0n) is 9.16. The van der Waals surface area contributed by atoms with Crippen molar-refractivity contribution in [3.05, 3.63) is 33.8 Å². The molecule has 1 aliphatic rings. The Morgan fingerprint density at radius 2 is 1.88 bits per heavy atom. The summed E-state index contributed by atoms with van der Waals surface area (Å²) < 4.78 is 6.35. The molecule has 0 bridgehead atoms. The van der Waals surface area contributed by atoms with Crippen LogP contribution in [0.3, 0.4) is 0 Å². The van der Waals surface area contributed by atoms with Gasteiger partial charge in [-0.25, -0.2) is 0 Å². The Morgan fingerprint density at radius 1 is 1.19 bits per heavy atom. The normalized spacial score (nSPS) is 17.6. The van der Waals surface area contributed by atoms with Gasteiger partial charge in [0.15, 0.2) is 0 Å². The standard InChI is InChI=1S/C12H16BrNO2/c13-12-6-10(5-11(7-12)9-15)8-14-1-3-16-4-2-14/h5-7,15H,1-4,8-9H2. The van der Waals surface area contributed by atoms with Crippen molar-refractivity contribution >= 4 is 15.9 Å². The Kier molecular flexibility index (Phi) is 4.35. The van der Waals surface area contributed by atoms with E-state index in [0.717, 1.165) is 42.9 Å². The van der Waals surface area contributed by atoms with E-state index < -0.39 is 0 Å². The Morgan fingerprint density at radius 3 is 2.56 bits per heavy atom. The summed E-state index contributed by atoms with van der Waals surface area (Å²) >= 11 is 3.46. The van der Waals surface area contributed by atoms with Gasteiger partial charge in [-0.3, -0.25) is 4.90 Å². The first kappa shape index (κ1) is 12.0. The molecule has 0 radical (unpaired) electrons. The van der Waals surface area contributed by atoms with E-state index in [-0.39, 0.29) is 6.61 Å². The number of aliphatic hydroxyl groups excluding tert-OH is 1. The zero-order chi connectivity index (χ0) is 11.4. The molecule has 0 amide bonds. The van der Waals surface area contributed by atoms with Gasteiger partial charge in [-0.15, -0.1) is 0 Å². The Labute approximate surface area is 104 Å². The first-order valence-corrected chi connectivity index (χ1v) is 6.26. The van der Waals surface area contributed by atoms with Crippen LogP contribution in [0.25, 0.3) is 0 Å². The molecule has 0 saturated carbocycles. The monoisotopic (exact) mass is 285 g/mol. The third-order valence-corrected chi connectivity index (χ3v) is 3.17. The molecule has 1 aromatic rings. The van der Waals surface area contributed by atoms with E-state index >= 15 is 0 Å². The van der Waals surface area contributed by atoms with E-state index in [2.05, 4.69) is 33.0 Å². The number of benzene rings is 1. The van der Waals surface area contributed by atoms with E-state index in [9.17, 15) is 0 Å². The average molecular weight is 286 g/mol. The molecular weight excluding hydrogens is 270 g/mol. The van der Waals surface area contributed by atoms with Crippen molar-refractivity contribution in [2.24, 2.45) is 0 Å². The molecule has 2 rings (SSSR count). The minimum Gasteiger partial charge on any atom is -0.392 e. The summed E-state index contributed by atoms with van der Waals surface area (Å²) in [6.45, 7) is 4.63. The van der Waals surface area contributed by atoms with Crippen LogP contribution in [0.15, 0.2) is 22.7 Å². The highest BCUT2D eigenvalue weighted by atomic mass is 79.9. The molecule has 0 spiro atoms. The van der Waals surface area contributed by atoms with Crippen molar-refractivity contribution in [2.75, 3.05) is 26.3 Å². The number of rotatable bonds is 3. The van der Waals surface area contributed by atoms with Crippen molar-refractivity contribution in [1.29, 1.82) is 0 Å². The van der Waals surface area contributed by atoms with Gasteiger partial charge in [0.2, 0.25) is 0 Å². The highest BCUT2D eigenvalue weighted by Crippen LogP contribution is 2.17. The van der Waals surface area contributed by atoms with Crippen molar-refractivity contribution in [3.63, 3.8) is 0 Å². The molecule has 4 heteroatoms. The van der Waals surface area contributed by atoms with Crippen molar-refractivity contribution < 1.29 is 9.84 Å². The van der Waals surface area contributed by atoms with E-state index in [4.69, 9.17) is 9.84 Å². The number of nitrogens with zero attached hydrogens (tertiary/aromatic N) is 1. The summed E-state index contributed by atoms with van der Waals surface area (Å²) in [6.07, 6.45) is 0. The smallest absolute Gasteiger partial charge is 0.0682 e. The SMILES string of the molecule is OCc1cc(Br)cc(CN2CCOCC2)c1. The molecule has 1 aromatic carbocycles. The van der Waals surface area contributed by atoms with E-state index in [1.54, 1.807) is 0 Å². The Bertz CT molecular complexity index is 351. The number of hydrogen-bond donors (Lipinski definition) is 1. The topological polar surface area (TPSA) is 32.7 Å². The number of halogens is 1. The fraction of sp³-hybridized carbons (Fsp3) is 0.500. The molecule has 1 aliphatic heterocycles. The van der Waals surface area contributed by atoms with Gasteiger partial charge in [0.1, 0.15) is 0 Å². The van der Waals surface area contributed by atoms with Crippen LogP contribution in [0, 0.1) is 0 Å². The van der Waals surface area contributed by atoms with Gasteiger partial charge in [0.25, 0.3) is 0 Å². The van der Waals surface area contributed by atoms with Crippen LogP contribution >= 0.6 is 15.9 Å². The molecule has 16 heavy (non-hydrogen) atoms. The molecule has 3 nitrogen and oxygen atoms in total. The highest BCUT2D eigenvalue weighted by Gasteiger charge is 2.11. The number of hydrogen-bond acceptors (Lipinski definition) is 3. The molecule has 0 aliphatic carbocycles. The Balaban J connectivity index is 2.04. The lowest BCUT2D eigenvalue weighted by Crippen LogP contribution is -2.35. The van der Waals surface area contributed by atoms with Crippen molar-refractivity contribution in [3.8, 4) is 0 Å².